The molecule has 0 saturated heterocycles. The predicted molar refractivity (Wildman–Crippen MR) is 81.9 cm³/mol. The number of carbonyl (C=O) groups is 1. The van der Waals surface area contributed by atoms with Gasteiger partial charge in [-0.25, -0.2) is 4.98 Å². The highest BCUT2D eigenvalue weighted by molar-refractivity contribution is 5.79. The number of aromatic nitrogens is 1. The molecule has 0 spiro atoms. The van der Waals surface area contributed by atoms with Crippen molar-refractivity contribution in [3.63, 3.8) is 0 Å². The normalized spacial score (nSPS) is 10.1. The van der Waals surface area contributed by atoms with Gasteiger partial charge in [0, 0.05) is 12.2 Å². The van der Waals surface area contributed by atoms with Gasteiger partial charge in [-0.2, -0.15) is 0 Å². The lowest BCUT2D eigenvalue weighted by molar-refractivity contribution is -0.116. The zero-order chi connectivity index (χ0) is 15.2. The van der Waals surface area contributed by atoms with Gasteiger partial charge in [0.2, 0.25) is 5.91 Å². The molecule has 21 heavy (non-hydrogen) atoms. The highest BCUT2D eigenvalue weighted by atomic mass is 16.5. The van der Waals surface area contributed by atoms with Crippen molar-refractivity contribution in [1.29, 1.82) is 0 Å². The molecule has 0 aliphatic rings. The molecule has 0 saturated carbocycles. The van der Waals surface area contributed by atoms with Crippen molar-refractivity contribution in [2.24, 2.45) is 5.73 Å². The lowest BCUT2D eigenvalue weighted by atomic mass is 10.2. The molecule has 0 radical (unpaired) electrons. The molecule has 0 unspecified atom stereocenters. The molecule has 0 aliphatic heterocycles. The first kappa shape index (κ1) is 14.6. The van der Waals surface area contributed by atoms with E-state index in [0.717, 1.165) is 5.56 Å². The van der Waals surface area contributed by atoms with Crippen LogP contribution in [0.3, 0.4) is 0 Å². The van der Waals surface area contributed by atoms with E-state index < -0.39 is 5.91 Å². The summed E-state index contributed by atoms with van der Waals surface area (Å²) in [6.45, 7) is 0.603. The minimum absolute atomic E-state index is 0.0870. The van der Waals surface area contributed by atoms with E-state index in [1.54, 1.807) is 30.3 Å². The van der Waals surface area contributed by atoms with Gasteiger partial charge >= 0.3 is 0 Å². The fourth-order valence-corrected chi connectivity index (χ4v) is 1.93. The lowest BCUT2D eigenvalue weighted by Crippen LogP contribution is -2.33. The standard InChI is InChI=1S/C15H18N4O2/c1-21-13-6-7-15(18-8-13)19(10-14(17)20)9-11-2-4-12(16)5-3-11/h2-8H,9-10,16H2,1H3,(H2,17,20). The lowest BCUT2D eigenvalue weighted by Gasteiger charge is -2.22. The molecule has 4 N–H and O–H groups in total. The molecule has 1 heterocycles. The molecule has 2 rings (SSSR count). The second-order valence-corrected chi connectivity index (χ2v) is 4.62. The highest BCUT2D eigenvalue weighted by Crippen LogP contribution is 2.18. The maximum atomic E-state index is 11.3. The van der Waals surface area contributed by atoms with Crippen molar-refractivity contribution in [3.8, 4) is 5.75 Å². The number of nitrogens with two attached hydrogens (primary N) is 2. The highest BCUT2D eigenvalue weighted by Gasteiger charge is 2.11. The van der Waals surface area contributed by atoms with Gasteiger partial charge < -0.3 is 21.1 Å². The van der Waals surface area contributed by atoms with E-state index in [-0.39, 0.29) is 6.54 Å². The number of carbonyl (C=O) groups excluding carboxylic acids is 1. The number of methoxy groups -OCH3 is 1. The monoisotopic (exact) mass is 286 g/mol. The second kappa shape index (κ2) is 6.60. The maximum Gasteiger partial charge on any atom is 0.237 e. The van der Waals surface area contributed by atoms with Crippen molar-refractivity contribution in [2.45, 2.75) is 6.54 Å². The average molecular weight is 286 g/mol. The largest absolute Gasteiger partial charge is 0.495 e. The first-order chi connectivity index (χ1) is 10.1. The van der Waals surface area contributed by atoms with Gasteiger partial charge in [-0.15, -0.1) is 0 Å². The number of nitrogens with zero attached hydrogens (tertiary/aromatic N) is 2. The summed E-state index contributed by atoms with van der Waals surface area (Å²) in [7, 11) is 1.58. The number of anilines is 2. The molecule has 0 atom stereocenters. The molecule has 6 heteroatoms. The van der Waals surface area contributed by atoms with Crippen molar-refractivity contribution >= 4 is 17.4 Å². The molecule has 1 aromatic heterocycles. The Balaban J connectivity index is 2.20. The molecule has 0 bridgehead atoms. The molecule has 0 fully saturated rings. The smallest absolute Gasteiger partial charge is 0.237 e. The Kier molecular flexibility index (Phi) is 4.61. The fourth-order valence-electron chi connectivity index (χ4n) is 1.93. The van der Waals surface area contributed by atoms with Crippen LogP contribution in [0.25, 0.3) is 0 Å². The molecule has 110 valence electrons. The van der Waals surface area contributed by atoms with Gasteiger partial charge in [0.15, 0.2) is 0 Å². The summed E-state index contributed by atoms with van der Waals surface area (Å²) in [5.74, 6) is 0.903. The zero-order valence-corrected chi connectivity index (χ0v) is 11.8. The van der Waals surface area contributed by atoms with Crippen molar-refractivity contribution in [2.75, 3.05) is 24.3 Å². The number of hydrogen-bond donors (Lipinski definition) is 2. The number of hydrogen-bond acceptors (Lipinski definition) is 5. The fraction of sp³-hybridized carbons (Fsp3) is 0.200. The van der Waals surface area contributed by atoms with Gasteiger partial charge in [-0.1, -0.05) is 12.1 Å². The summed E-state index contributed by atoms with van der Waals surface area (Å²) >= 11 is 0. The summed E-state index contributed by atoms with van der Waals surface area (Å²) in [6, 6.07) is 11.0. The van der Waals surface area contributed by atoms with Gasteiger partial charge in [-0.05, 0) is 29.8 Å². The van der Waals surface area contributed by atoms with Crippen LogP contribution in [-0.4, -0.2) is 24.5 Å². The van der Waals surface area contributed by atoms with Crippen LogP contribution in [0.5, 0.6) is 5.75 Å². The van der Waals surface area contributed by atoms with Crippen LogP contribution in [0.1, 0.15) is 5.56 Å². The SMILES string of the molecule is COc1ccc(N(CC(N)=O)Cc2ccc(N)cc2)nc1. The quantitative estimate of drug-likeness (QED) is 0.777. The van der Waals surface area contributed by atoms with Crippen LogP contribution >= 0.6 is 0 Å². The van der Waals surface area contributed by atoms with Crippen molar-refractivity contribution in [3.05, 3.63) is 48.2 Å². The number of pyridine rings is 1. The molecule has 1 aromatic carbocycles. The summed E-state index contributed by atoms with van der Waals surface area (Å²) < 4.78 is 5.07. The van der Waals surface area contributed by atoms with E-state index >= 15 is 0 Å². The molecule has 1 amide bonds. The van der Waals surface area contributed by atoms with E-state index in [1.165, 1.54) is 0 Å². The summed E-state index contributed by atoms with van der Waals surface area (Å²) in [6.07, 6.45) is 1.60. The Morgan fingerprint density at radius 3 is 2.48 bits per heavy atom. The van der Waals surface area contributed by atoms with Crippen molar-refractivity contribution in [1.82, 2.24) is 4.98 Å². The predicted octanol–water partition coefficient (Wildman–Crippen LogP) is 1.16. The molecular weight excluding hydrogens is 268 g/mol. The topological polar surface area (TPSA) is 94.5 Å². The average Bonchev–Trinajstić information content (AvgIpc) is 2.48. The minimum Gasteiger partial charge on any atom is -0.495 e. The maximum absolute atomic E-state index is 11.3. The first-order valence-corrected chi connectivity index (χ1v) is 6.46. The van der Waals surface area contributed by atoms with E-state index in [0.29, 0.717) is 23.8 Å². The Morgan fingerprint density at radius 1 is 1.24 bits per heavy atom. The number of ether oxygens (including phenoxy) is 1. The van der Waals surface area contributed by atoms with E-state index in [4.69, 9.17) is 16.2 Å². The Morgan fingerprint density at radius 2 is 1.95 bits per heavy atom. The molecule has 6 nitrogen and oxygen atoms in total. The van der Waals surface area contributed by atoms with E-state index in [2.05, 4.69) is 4.98 Å². The van der Waals surface area contributed by atoms with Crippen LogP contribution in [0.4, 0.5) is 11.5 Å². The number of rotatable bonds is 6. The van der Waals surface area contributed by atoms with E-state index in [1.807, 2.05) is 24.3 Å². The summed E-state index contributed by atoms with van der Waals surface area (Å²) in [4.78, 5) is 17.3. The Labute approximate surface area is 123 Å². The van der Waals surface area contributed by atoms with Gasteiger partial charge in [0.1, 0.15) is 11.6 Å². The Bertz CT molecular complexity index is 596. The van der Waals surface area contributed by atoms with Crippen LogP contribution in [-0.2, 0) is 11.3 Å². The summed E-state index contributed by atoms with van der Waals surface area (Å²) in [5, 5.41) is 0. The molecular formula is C15H18N4O2. The van der Waals surface area contributed by atoms with Crippen molar-refractivity contribution < 1.29 is 9.53 Å². The number of amides is 1. The number of benzene rings is 1. The number of primary amides is 1. The van der Waals surface area contributed by atoms with Gasteiger partial charge in [0.05, 0.1) is 19.9 Å². The third-order valence-corrected chi connectivity index (χ3v) is 2.98. The molecule has 2 aromatic rings. The first-order valence-electron chi connectivity index (χ1n) is 6.46. The minimum atomic E-state index is -0.414. The van der Waals surface area contributed by atoms with Gasteiger partial charge in [-0.3, -0.25) is 4.79 Å². The zero-order valence-electron chi connectivity index (χ0n) is 11.8. The van der Waals surface area contributed by atoms with Crippen LogP contribution < -0.4 is 21.1 Å². The summed E-state index contributed by atoms with van der Waals surface area (Å²) in [5.41, 5.74) is 12.7. The second-order valence-electron chi connectivity index (χ2n) is 4.62. The molecule has 0 aliphatic carbocycles. The third-order valence-electron chi connectivity index (χ3n) is 2.98. The van der Waals surface area contributed by atoms with Crippen LogP contribution in [0.2, 0.25) is 0 Å². The Hall–Kier alpha value is -2.76. The third kappa shape index (κ3) is 4.10. The van der Waals surface area contributed by atoms with E-state index in [9.17, 15) is 4.79 Å². The van der Waals surface area contributed by atoms with Crippen LogP contribution in [0.15, 0.2) is 42.6 Å². The number of nitrogen functional groups attached to an aromatic ring is 1. The van der Waals surface area contributed by atoms with Gasteiger partial charge in [0.25, 0.3) is 0 Å². The van der Waals surface area contributed by atoms with Crippen LogP contribution in [0, 0.1) is 0 Å².